The summed E-state index contributed by atoms with van der Waals surface area (Å²) in [4.78, 5) is 49.5. The van der Waals surface area contributed by atoms with Crippen LogP contribution in [0.25, 0.3) is 0 Å². The summed E-state index contributed by atoms with van der Waals surface area (Å²) in [6.07, 6.45) is 5.58. The molecule has 33 heavy (non-hydrogen) atoms. The van der Waals surface area contributed by atoms with E-state index in [1.807, 2.05) is 6.92 Å². The second kappa shape index (κ2) is 8.62. The molecule has 0 aliphatic carbocycles. The quantitative estimate of drug-likeness (QED) is 0.715. The first-order valence-corrected chi connectivity index (χ1v) is 11.4. The minimum atomic E-state index is -0.699. The summed E-state index contributed by atoms with van der Waals surface area (Å²) in [7, 11) is 0. The van der Waals surface area contributed by atoms with E-state index in [4.69, 9.17) is 0 Å². The van der Waals surface area contributed by atoms with Gasteiger partial charge in [-0.25, -0.2) is 4.39 Å². The summed E-state index contributed by atoms with van der Waals surface area (Å²) >= 11 is 0. The summed E-state index contributed by atoms with van der Waals surface area (Å²) in [6, 6.07) is 2.13. The van der Waals surface area contributed by atoms with Gasteiger partial charge in [-0.1, -0.05) is 0 Å². The molecule has 3 aliphatic rings. The lowest BCUT2D eigenvalue weighted by molar-refractivity contribution is -0.136. The molecule has 1 unspecified atom stereocenters. The molecule has 1 N–H and O–H groups in total. The van der Waals surface area contributed by atoms with E-state index < -0.39 is 17.8 Å². The molecule has 0 saturated carbocycles. The number of hydrogen-bond acceptors (Lipinski definition) is 6. The van der Waals surface area contributed by atoms with E-state index in [2.05, 4.69) is 20.2 Å². The average molecular weight is 452 g/mol. The number of benzene rings is 1. The van der Waals surface area contributed by atoms with Crippen molar-refractivity contribution < 1.29 is 18.8 Å². The molecule has 1 aromatic heterocycles. The summed E-state index contributed by atoms with van der Waals surface area (Å²) in [5.74, 6) is -1.41. The maximum atomic E-state index is 14.5. The number of carbonyl (C=O) groups excluding carboxylic acids is 3. The third kappa shape index (κ3) is 4.13. The van der Waals surface area contributed by atoms with Crippen LogP contribution in [0, 0.1) is 12.7 Å². The fraction of sp³-hybridized carbons (Fsp3) is 0.458. The Hall–Kier alpha value is -3.20. The highest BCUT2D eigenvalue weighted by Crippen LogP contribution is 2.38. The van der Waals surface area contributed by atoms with Gasteiger partial charge in [0.05, 0.1) is 11.4 Å². The van der Waals surface area contributed by atoms with Crippen molar-refractivity contribution in [1.82, 2.24) is 25.1 Å². The van der Waals surface area contributed by atoms with Gasteiger partial charge in [0.25, 0.3) is 5.91 Å². The number of fused-ring (bicyclic) bond motifs is 1. The van der Waals surface area contributed by atoms with Gasteiger partial charge in [-0.05, 0) is 68.5 Å². The van der Waals surface area contributed by atoms with E-state index in [-0.39, 0.29) is 30.7 Å². The van der Waals surface area contributed by atoms with Crippen LogP contribution in [-0.2, 0) is 22.7 Å². The lowest BCUT2D eigenvalue weighted by Crippen LogP contribution is -2.52. The molecule has 1 aromatic carbocycles. The minimum Gasteiger partial charge on any atom is -0.322 e. The van der Waals surface area contributed by atoms with Gasteiger partial charge in [0.15, 0.2) is 0 Å². The fourth-order valence-electron chi connectivity index (χ4n) is 5.22. The standard InChI is InChI=1S/C24H26FN5O3/c1-14-20(27-7-6-26-14)13-29-8-4-15(5-9-29)17-10-16(25)11-18-19(17)12-30(24(18)33)21-2-3-22(31)28-23(21)32/h6-7,10-11,15,21H,2-5,8-9,12-13H2,1H3,(H,28,31,32). The number of carbonyl (C=O) groups is 3. The normalized spacial score (nSPS) is 21.9. The molecule has 2 aromatic rings. The number of halogens is 1. The molecule has 0 bridgehead atoms. The van der Waals surface area contributed by atoms with Crippen LogP contribution in [0.2, 0.25) is 0 Å². The zero-order valence-corrected chi connectivity index (χ0v) is 18.5. The molecule has 4 heterocycles. The van der Waals surface area contributed by atoms with E-state index in [1.165, 1.54) is 11.0 Å². The van der Waals surface area contributed by atoms with Crippen molar-refractivity contribution in [2.75, 3.05) is 13.1 Å². The zero-order valence-electron chi connectivity index (χ0n) is 18.5. The Morgan fingerprint density at radius 3 is 2.58 bits per heavy atom. The molecule has 9 heteroatoms. The predicted octanol–water partition coefficient (Wildman–Crippen LogP) is 2.06. The Balaban J connectivity index is 1.32. The summed E-state index contributed by atoms with van der Waals surface area (Å²) in [5.41, 5.74) is 3.91. The molecular formula is C24H26FN5O3. The van der Waals surface area contributed by atoms with E-state index >= 15 is 0 Å². The second-order valence-electron chi connectivity index (χ2n) is 9.06. The monoisotopic (exact) mass is 451 g/mol. The van der Waals surface area contributed by atoms with E-state index in [0.717, 1.165) is 55.0 Å². The van der Waals surface area contributed by atoms with E-state index in [9.17, 15) is 18.8 Å². The number of amides is 3. The summed E-state index contributed by atoms with van der Waals surface area (Å²) < 4.78 is 14.5. The largest absolute Gasteiger partial charge is 0.322 e. The van der Waals surface area contributed by atoms with Gasteiger partial charge in [-0.15, -0.1) is 0 Å². The van der Waals surface area contributed by atoms with Gasteiger partial charge in [-0.3, -0.25) is 34.6 Å². The number of nitrogens with one attached hydrogen (secondary N) is 1. The molecule has 0 radical (unpaired) electrons. The Kier molecular flexibility index (Phi) is 5.65. The number of rotatable bonds is 4. The van der Waals surface area contributed by atoms with Crippen LogP contribution >= 0.6 is 0 Å². The predicted molar refractivity (Wildman–Crippen MR) is 116 cm³/mol. The van der Waals surface area contributed by atoms with Gasteiger partial charge >= 0.3 is 0 Å². The molecule has 2 fully saturated rings. The topological polar surface area (TPSA) is 95.5 Å². The van der Waals surface area contributed by atoms with Gasteiger partial charge in [0, 0.05) is 37.5 Å². The molecule has 0 spiro atoms. The van der Waals surface area contributed by atoms with Crippen LogP contribution in [0.4, 0.5) is 4.39 Å². The van der Waals surface area contributed by atoms with Gasteiger partial charge < -0.3 is 4.90 Å². The third-order valence-electron chi connectivity index (χ3n) is 7.04. The van der Waals surface area contributed by atoms with Crippen molar-refractivity contribution in [1.29, 1.82) is 0 Å². The highest BCUT2D eigenvalue weighted by atomic mass is 19.1. The van der Waals surface area contributed by atoms with Crippen molar-refractivity contribution in [3.8, 4) is 0 Å². The zero-order chi connectivity index (χ0) is 23.1. The average Bonchev–Trinajstić information content (AvgIpc) is 3.11. The van der Waals surface area contributed by atoms with Crippen LogP contribution in [-0.4, -0.2) is 56.6 Å². The molecule has 8 nitrogen and oxygen atoms in total. The number of nitrogens with zero attached hydrogens (tertiary/aromatic N) is 4. The Morgan fingerprint density at radius 2 is 1.85 bits per heavy atom. The van der Waals surface area contributed by atoms with Crippen molar-refractivity contribution in [3.63, 3.8) is 0 Å². The molecular weight excluding hydrogens is 425 g/mol. The number of likely N-dealkylation sites (tertiary alicyclic amines) is 1. The van der Waals surface area contributed by atoms with Crippen LogP contribution in [0.3, 0.4) is 0 Å². The van der Waals surface area contributed by atoms with Crippen molar-refractivity contribution in [3.05, 3.63) is 58.4 Å². The first kappa shape index (κ1) is 21.6. The van der Waals surface area contributed by atoms with Gasteiger partial charge in [0.2, 0.25) is 11.8 Å². The minimum absolute atomic E-state index is 0.142. The Labute approximate surface area is 191 Å². The maximum absolute atomic E-state index is 14.5. The Bertz CT molecular complexity index is 1130. The lowest BCUT2D eigenvalue weighted by atomic mass is 9.85. The highest BCUT2D eigenvalue weighted by molar-refractivity contribution is 6.05. The van der Waals surface area contributed by atoms with Crippen LogP contribution in [0.5, 0.6) is 0 Å². The molecule has 1 atom stereocenters. The van der Waals surface area contributed by atoms with E-state index in [1.54, 1.807) is 18.5 Å². The number of piperidine rings is 2. The number of aromatic nitrogens is 2. The van der Waals surface area contributed by atoms with Crippen molar-refractivity contribution in [2.24, 2.45) is 0 Å². The Morgan fingerprint density at radius 1 is 1.09 bits per heavy atom. The van der Waals surface area contributed by atoms with Crippen LogP contribution < -0.4 is 5.32 Å². The molecule has 3 aliphatic heterocycles. The molecule has 2 saturated heterocycles. The molecule has 172 valence electrons. The summed E-state index contributed by atoms with van der Waals surface area (Å²) in [6.45, 7) is 4.65. The van der Waals surface area contributed by atoms with Crippen LogP contribution in [0.1, 0.15) is 64.5 Å². The van der Waals surface area contributed by atoms with E-state index in [0.29, 0.717) is 12.0 Å². The van der Waals surface area contributed by atoms with Gasteiger partial charge in [0.1, 0.15) is 11.9 Å². The fourth-order valence-corrected chi connectivity index (χ4v) is 5.22. The number of imide groups is 1. The van der Waals surface area contributed by atoms with Gasteiger partial charge in [-0.2, -0.15) is 0 Å². The smallest absolute Gasteiger partial charge is 0.255 e. The lowest BCUT2D eigenvalue weighted by Gasteiger charge is -2.33. The highest BCUT2D eigenvalue weighted by Gasteiger charge is 2.41. The second-order valence-corrected chi connectivity index (χ2v) is 9.06. The number of hydrogen-bond donors (Lipinski definition) is 1. The first-order valence-electron chi connectivity index (χ1n) is 11.4. The molecule has 5 rings (SSSR count). The third-order valence-corrected chi connectivity index (χ3v) is 7.04. The maximum Gasteiger partial charge on any atom is 0.255 e. The molecule has 3 amide bonds. The van der Waals surface area contributed by atoms with Crippen molar-refractivity contribution >= 4 is 17.7 Å². The van der Waals surface area contributed by atoms with Crippen LogP contribution in [0.15, 0.2) is 24.5 Å². The van der Waals surface area contributed by atoms with Crippen molar-refractivity contribution in [2.45, 2.75) is 57.7 Å². The first-order chi connectivity index (χ1) is 15.9. The SMILES string of the molecule is Cc1nccnc1CN1CCC(c2cc(F)cc3c2CN(C2CCC(=O)NC2=O)C3=O)CC1. The summed E-state index contributed by atoms with van der Waals surface area (Å²) in [5, 5.41) is 2.31. The number of aryl methyl sites for hydroxylation is 1.